The molecule has 2 saturated carbocycles. The zero-order valence-corrected chi connectivity index (χ0v) is 9.70. The number of rotatable bonds is 4. The second-order valence-electron chi connectivity index (χ2n) is 6.20. The number of likely N-dealkylation sites (tertiary alicyclic amines) is 1. The minimum atomic E-state index is 0.459. The van der Waals surface area contributed by atoms with E-state index in [1.54, 1.807) is 0 Å². The molecule has 0 radical (unpaired) electrons. The number of nitrogens with zero attached hydrogens (tertiary/aromatic N) is 1. The molecule has 2 atom stereocenters. The van der Waals surface area contributed by atoms with Crippen LogP contribution in [0.2, 0.25) is 0 Å². The molecule has 1 aliphatic heterocycles. The van der Waals surface area contributed by atoms with Gasteiger partial charge < -0.3 is 10.6 Å². The van der Waals surface area contributed by atoms with Crippen LogP contribution in [0, 0.1) is 17.8 Å². The first kappa shape index (κ1) is 10.1. The van der Waals surface area contributed by atoms with Crippen LogP contribution in [0.3, 0.4) is 0 Å². The van der Waals surface area contributed by atoms with Crippen LogP contribution >= 0.6 is 0 Å². The van der Waals surface area contributed by atoms with Crippen molar-refractivity contribution in [1.82, 2.24) is 4.90 Å². The Bertz CT molecular complexity index is 195. The van der Waals surface area contributed by atoms with Crippen molar-refractivity contribution in [2.75, 3.05) is 19.6 Å². The first-order valence-corrected chi connectivity index (χ1v) is 6.77. The lowest BCUT2D eigenvalue weighted by Gasteiger charge is -2.36. The lowest BCUT2D eigenvalue weighted by molar-refractivity contribution is 0.142. The molecular formula is C13H24N2. The first-order valence-electron chi connectivity index (χ1n) is 6.77. The predicted molar refractivity (Wildman–Crippen MR) is 62.6 cm³/mol. The van der Waals surface area contributed by atoms with E-state index in [1.165, 1.54) is 51.6 Å². The van der Waals surface area contributed by atoms with Gasteiger partial charge in [-0.2, -0.15) is 0 Å². The van der Waals surface area contributed by atoms with Gasteiger partial charge >= 0.3 is 0 Å². The third-order valence-corrected chi connectivity index (χ3v) is 4.22. The van der Waals surface area contributed by atoms with Gasteiger partial charge in [-0.3, -0.25) is 0 Å². The van der Waals surface area contributed by atoms with E-state index < -0.39 is 0 Å². The first-order chi connectivity index (χ1) is 7.29. The van der Waals surface area contributed by atoms with Crippen molar-refractivity contribution in [3.05, 3.63) is 0 Å². The van der Waals surface area contributed by atoms with Crippen molar-refractivity contribution in [3.63, 3.8) is 0 Å². The highest BCUT2D eigenvalue weighted by Gasteiger charge is 2.33. The van der Waals surface area contributed by atoms with E-state index in [4.69, 9.17) is 5.73 Å². The maximum absolute atomic E-state index is 6.17. The van der Waals surface area contributed by atoms with E-state index >= 15 is 0 Å². The average Bonchev–Trinajstić information content (AvgIpc) is 2.98. The molecule has 0 aromatic carbocycles. The molecule has 0 aromatic heterocycles. The van der Waals surface area contributed by atoms with Gasteiger partial charge in [0.25, 0.3) is 0 Å². The molecular weight excluding hydrogens is 184 g/mol. The number of piperidine rings is 1. The minimum Gasteiger partial charge on any atom is -0.327 e. The number of hydrogen-bond donors (Lipinski definition) is 1. The summed E-state index contributed by atoms with van der Waals surface area (Å²) in [6, 6.07) is 0.459. The lowest BCUT2D eigenvalue weighted by atomic mass is 9.90. The van der Waals surface area contributed by atoms with Crippen molar-refractivity contribution >= 4 is 0 Å². The Labute approximate surface area is 93.2 Å². The summed E-state index contributed by atoms with van der Waals surface area (Å²) in [5, 5.41) is 0. The van der Waals surface area contributed by atoms with E-state index in [0.717, 1.165) is 24.3 Å². The molecule has 3 fully saturated rings. The Hall–Kier alpha value is -0.0800. The van der Waals surface area contributed by atoms with Gasteiger partial charge in [0.2, 0.25) is 0 Å². The van der Waals surface area contributed by atoms with Gasteiger partial charge in [0.15, 0.2) is 0 Å². The van der Waals surface area contributed by atoms with Crippen molar-refractivity contribution in [2.45, 2.75) is 44.6 Å². The van der Waals surface area contributed by atoms with Crippen LogP contribution in [-0.4, -0.2) is 30.6 Å². The molecule has 1 heterocycles. The zero-order chi connectivity index (χ0) is 10.3. The molecule has 1 saturated heterocycles. The van der Waals surface area contributed by atoms with Crippen LogP contribution in [0.1, 0.15) is 38.5 Å². The van der Waals surface area contributed by atoms with Gasteiger partial charge in [-0.1, -0.05) is 12.8 Å². The second-order valence-corrected chi connectivity index (χ2v) is 6.20. The Balaban J connectivity index is 1.49. The monoisotopic (exact) mass is 208 g/mol. The van der Waals surface area contributed by atoms with E-state index in [0.29, 0.717) is 6.04 Å². The van der Waals surface area contributed by atoms with Crippen molar-refractivity contribution in [2.24, 2.45) is 23.5 Å². The Morgan fingerprint density at radius 2 is 1.67 bits per heavy atom. The molecule has 2 unspecified atom stereocenters. The van der Waals surface area contributed by atoms with Crippen LogP contribution in [0.15, 0.2) is 0 Å². The van der Waals surface area contributed by atoms with Gasteiger partial charge in [0, 0.05) is 25.7 Å². The molecule has 0 aromatic rings. The molecule has 2 nitrogen and oxygen atoms in total. The van der Waals surface area contributed by atoms with E-state index in [1.807, 2.05) is 0 Å². The highest BCUT2D eigenvalue weighted by molar-refractivity contribution is 4.88. The van der Waals surface area contributed by atoms with Crippen LogP contribution in [-0.2, 0) is 0 Å². The molecule has 0 spiro atoms. The van der Waals surface area contributed by atoms with E-state index in [2.05, 4.69) is 4.90 Å². The second kappa shape index (κ2) is 4.06. The van der Waals surface area contributed by atoms with Crippen LogP contribution in [0.25, 0.3) is 0 Å². The van der Waals surface area contributed by atoms with Gasteiger partial charge in [-0.15, -0.1) is 0 Å². The van der Waals surface area contributed by atoms with Gasteiger partial charge in [0.1, 0.15) is 0 Å². The number of hydrogen-bond acceptors (Lipinski definition) is 2. The lowest BCUT2D eigenvalue weighted by Crippen LogP contribution is -2.47. The van der Waals surface area contributed by atoms with Crippen LogP contribution < -0.4 is 5.73 Å². The Morgan fingerprint density at radius 1 is 0.933 bits per heavy atom. The molecule has 2 heteroatoms. The van der Waals surface area contributed by atoms with Crippen LogP contribution in [0.4, 0.5) is 0 Å². The summed E-state index contributed by atoms with van der Waals surface area (Å²) < 4.78 is 0. The van der Waals surface area contributed by atoms with Gasteiger partial charge in [-0.25, -0.2) is 0 Å². The summed E-state index contributed by atoms with van der Waals surface area (Å²) in [6.07, 6.45) is 8.69. The minimum absolute atomic E-state index is 0.459. The van der Waals surface area contributed by atoms with Gasteiger partial charge in [-0.05, 0) is 43.4 Å². The molecule has 0 bridgehead atoms. The van der Waals surface area contributed by atoms with Gasteiger partial charge in [0.05, 0.1) is 0 Å². The Kier molecular flexibility index (Phi) is 2.73. The highest BCUT2D eigenvalue weighted by atomic mass is 15.2. The normalized spacial score (nSPS) is 38.2. The van der Waals surface area contributed by atoms with E-state index in [-0.39, 0.29) is 0 Å². The molecule has 86 valence electrons. The number of nitrogens with two attached hydrogens (primary N) is 1. The zero-order valence-electron chi connectivity index (χ0n) is 9.70. The summed E-state index contributed by atoms with van der Waals surface area (Å²) in [4.78, 5) is 2.65. The fraction of sp³-hybridized carbons (Fsp3) is 1.00. The van der Waals surface area contributed by atoms with Crippen molar-refractivity contribution in [1.29, 1.82) is 0 Å². The molecule has 2 N–H and O–H groups in total. The van der Waals surface area contributed by atoms with Crippen molar-refractivity contribution in [3.8, 4) is 0 Å². The molecule has 3 aliphatic rings. The third kappa shape index (κ3) is 2.94. The molecule has 15 heavy (non-hydrogen) atoms. The average molecular weight is 208 g/mol. The topological polar surface area (TPSA) is 29.3 Å². The summed E-state index contributed by atoms with van der Waals surface area (Å²) in [6.45, 7) is 3.85. The SMILES string of the molecule is NC1CC(CC2CC2)CN(CC2CC2)C1. The third-order valence-electron chi connectivity index (χ3n) is 4.22. The van der Waals surface area contributed by atoms with Crippen LogP contribution in [0.5, 0.6) is 0 Å². The molecule has 2 aliphatic carbocycles. The molecule has 3 rings (SSSR count). The predicted octanol–water partition coefficient (Wildman–Crippen LogP) is 1.85. The highest BCUT2D eigenvalue weighted by Crippen LogP contribution is 2.38. The smallest absolute Gasteiger partial charge is 0.0170 e. The Morgan fingerprint density at radius 3 is 2.33 bits per heavy atom. The summed E-state index contributed by atoms with van der Waals surface area (Å²) >= 11 is 0. The summed E-state index contributed by atoms with van der Waals surface area (Å²) in [5.41, 5.74) is 6.17. The largest absolute Gasteiger partial charge is 0.327 e. The summed E-state index contributed by atoms with van der Waals surface area (Å²) in [7, 11) is 0. The maximum atomic E-state index is 6.17. The fourth-order valence-electron chi connectivity index (χ4n) is 3.16. The molecule has 0 amide bonds. The van der Waals surface area contributed by atoms with E-state index in [9.17, 15) is 0 Å². The standard InChI is InChI=1S/C13H24N2/c14-13-6-12(5-10-1-2-10)8-15(9-13)7-11-3-4-11/h10-13H,1-9,14H2. The summed E-state index contributed by atoms with van der Waals surface area (Å²) in [5.74, 6) is 3.01. The fourth-order valence-corrected chi connectivity index (χ4v) is 3.16. The quantitative estimate of drug-likeness (QED) is 0.764. The maximum Gasteiger partial charge on any atom is 0.0170 e. The van der Waals surface area contributed by atoms with Crippen molar-refractivity contribution < 1.29 is 0 Å².